The smallest absolute Gasteiger partial charge is 0.387 e. The summed E-state index contributed by atoms with van der Waals surface area (Å²) in [5, 5.41) is 8.66. The third-order valence-electron chi connectivity index (χ3n) is 2.75. The molecule has 0 saturated carbocycles. The van der Waals surface area contributed by atoms with E-state index in [0.717, 1.165) is 0 Å². The Morgan fingerprint density at radius 3 is 2.47 bits per heavy atom. The van der Waals surface area contributed by atoms with Gasteiger partial charge in [0.15, 0.2) is 0 Å². The van der Waals surface area contributed by atoms with Gasteiger partial charge in [0.05, 0.1) is 0 Å². The number of alkyl halides is 3. The summed E-state index contributed by atoms with van der Waals surface area (Å²) in [5.74, 6) is -0.895. The highest BCUT2D eigenvalue weighted by molar-refractivity contribution is 5.77. The zero-order valence-corrected chi connectivity index (χ0v) is 9.50. The Balaban J connectivity index is 2.87. The molecular formula is C10H15F3N2O2. The van der Waals surface area contributed by atoms with Crippen LogP contribution in [-0.2, 0) is 4.79 Å². The van der Waals surface area contributed by atoms with Gasteiger partial charge in [-0.15, -0.1) is 0 Å². The van der Waals surface area contributed by atoms with Crippen LogP contribution in [0.15, 0.2) is 12.3 Å². The number of rotatable bonds is 2. The van der Waals surface area contributed by atoms with Gasteiger partial charge in [0.25, 0.3) is 0 Å². The molecule has 0 bridgehead atoms. The molecule has 4 nitrogen and oxygen atoms in total. The van der Waals surface area contributed by atoms with Gasteiger partial charge in [-0.2, -0.15) is 13.2 Å². The zero-order chi connectivity index (χ0) is 13.2. The molecule has 0 unspecified atom stereocenters. The van der Waals surface area contributed by atoms with Gasteiger partial charge in [0.1, 0.15) is 12.6 Å². The molecule has 0 aromatic carbocycles. The largest absolute Gasteiger partial charge is 0.410 e. The molecule has 1 N–H and O–H groups in total. The number of amides is 1. The molecule has 1 heterocycles. The van der Waals surface area contributed by atoms with E-state index in [1.807, 2.05) is 0 Å². The van der Waals surface area contributed by atoms with E-state index < -0.39 is 24.7 Å². The maximum Gasteiger partial charge on any atom is 0.410 e. The first-order valence-corrected chi connectivity index (χ1v) is 5.15. The Morgan fingerprint density at radius 1 is 1.47 bits per heavy atom. The first-order chi connectivity index (χ1) is 7.77. The maximum atomic E-state index is 12.8. The van der Waals surface area contributed by atoms with Crippen molar-refractivity contribution >= 4 is 5.91 Å². The number of allylic oxidation sites excluding steroid dienone is 1. The molecule has 1 aliphatic heterocycles. The maximum absolute atomic E-state index is 12.8. The first kappa shape index (κ1) is 13.8. The third kappa shape index (κ3) is 3.12. The van der Waals surface area contributed by atoms with E-state index in [9.17, 15) is 18.0 Å². The van der Waals surface area contributed by atoms with Crippen molar-refractivity contribution in [2.45, 2.75) is 19.1 Å². The minimum atomic E-state index is -4.50. The van der Waals surface area contributed by atoms with E-state index in [1.165, 1.54) is 4.90 Å². The average molecular weight is 252 g/mol. The van der Waals surface area contributed by atoms with E-state index >= 15 is 0 Å². The van der Waals surface area contributed by atoms with E-state index in [2.05, 4.69) is 6.58 Å². The highest BCUT2D eigenvalue weighted by atomic mass is 19.4. The predicted molar refractivity (Wildman–Crippen MR) is 55.0 cm³/mol. The van der Waals surface area contributed by atoms with Crippen LogP contribution in [-0.4, -0.2) is 59.3 Å². The van der Waals surface area contributed by atoms with Crippen LogP contribution in [0.5, 0.6) is 0 Å². The Kier molecular flexibility index (Phi) is 4.03. The van der Waals surface area contributed by atoms with Gasteiger partial charge in [-0.3, -0.25) is 4.79 Å². The van der Waals surface area contributed by atoms with Gasteiger partial charge in [-0.25, -0.2) is 0 Å². The molecule has 0 aliphatic carbocycles. The van der Waals surface area contributed by atoms with Crippen molar-refractivity contribution in [3.63, 3.8) is 0 Å². The van der Waals surface area contributed by atoms with Crippen molar-refractivity contribution in [3.8, 4) is 0 Å². The summed E-state index contributed by atoms with van der Waals surface area (Å²) in [6.07, 6.45) is -4.50. The fourth-order valence-corrected chi connectivity index (χ4v) is 1.80. The minimum absolute atomic E-state index is 0.0591. The molecular weight excluding hydrogens is 237 g/mol. The Hall–Kier alpha value is -1.24. The van der Waals surface area contributed by atoms with E-state index in [1.54, 1.807) is 6.92 Å². The molecule has 1 aliphatic rings. The summed E-state index contributed by atoms with van der Waals surface area (Å²) < 4.78 is 38.4. The SMILES string of the molecule is C=C(C)N1CCN(C(=O)CO)[C@H](C(F)(F)F)C1. The average Bonchev–Trinajstić information content (AvgIpc) is 2.26. The van der Waals surface area contributed by atoms with E-state index in [0.29, 0.717) is 17.1 Å². The third-order valence-corrected chi connectivity index (χ3v) is 2.75. The van der Waals surface area contributed by atoms with Crippen molar-refractivity contribution in [2.75, 3.05) is 26.2 Å². The van der Waals surface area contributed by atoms with Gasteiger partial charge >= 0.3 is 6.18 Å². The van der Waals surface area contributed by atoms with Crippen molar-refractivity contribution in [3.05, 3.63) is 12.3 Å². The highest BCUT2D eigenvalue weighted by Gasteiger charge is 2.47. The van der Waals surface area contributed by atoms with E-state index in [-0.39, 0.29) is 13.1 Å². The molecule has 1 rings (SSSR count). The van der Waals surface area contributed by atoms with Crippen LogP contribution in [0.1, 0.15) is 6.92 Å². The molecule has 0 aromatic heterocycles. The lowest BCUT2D eigenvalue weighted by Crippen LogP contribution is -2.60. The number of halogens is 3. The van der Waals surface area contributed by atoms with Crippen LogP contribution in [0, 0.1) is 0 Å². The van der Waals surface area contributed by atoms with Crippen LogP contribution in [0.2, 0.25) is 0 Å². The lowest BCUT2D eigenvalue weighted by atomic mass is 10.1. The molecule has 1 amide bonds. The summed E-state index contributed by atoms with van der Waals surface area (Å²) in [4.78, 5) is 13.4. The second-order valence-corrected chi connectivity index (χ2v) is 3.98. The molecule has 1 fully saturated rings. The van der Waals surface area contributed by atoms with Crippen LogP contribution in [0.4, 0.5) is 13.2 Å². The number of aliphatic hydroxyl groups is 1. The molecule has 7 heteroatoms. The Bertz CT molecular complexity index is 317. The summed E-state index contributed by atoms with van der Waals surface area (Å²) >= 11 is 0. The molecule has 0 spiro atoms. The van der Waals surface area contributed by atoms with Crippen LogP contribution >= 0.6 is 0 Å². The molecule has 17 heavy (non-hydrogen) atoms. The van der Waals surface area contributed by atoms with Crippen molar-refractivity contribution in [1.29, 1.82) is 0 Å². The summed E-state index contributed by atoms with van der Waals surface area (Å²) in [7, 11) is 0. The predicted octanol–water partition coefficient (Wildman–Crippen LogP) is 0.587. The number of aliphatic hydroxyl groups excluding tert-OH is 1. The Morgan fingerprint density at radius 2 is 2.06 bits per heavy atom. The summed E-state index contributed by atoms with van der Waals surface area (Å²) in [6, 6.07) is -1.88. The van der Waals surface area contributed by atoms with Crippen molar-refractivity contribution in [1.82, 2.24) is 9.80 Å². The number of hydrogen-bond donors (Lipinski definition) is 1. The van der Waals surface area contributed by atoms with Gasteiger partial charge < -0.3 is 14.9 Å². The monoisotopic (exact) mass is 252 g/mol. The number of hydrogen-bond acceptors (Lipinski definition) is 3. The van der Waals surface area contributed by atoms with Gasteiger partial charge in [0.2, 0.25) is 5.91 Å². The fourth-order valence-electron chi connectivity index (χ4n) is 1.80. The van der Waals surface area contributed by atoms with Crippen LogP contribution < -0.4 is 0 Å². The topological polar surface area (TPSA) is 43.8 Å². The second-order valence-electron chi connectivity index (χ2n) is 3.98. The number of carbonyl (C=O) groups excluding carboxylic acids is 1. The molecule has 1 saturated heterocycles. The second kappa shape index (κ2) is 4.95. The summed E-state index contributed by atoms with van der Waals surface area (Å²) in [5.41, 5.74) is 0.537. The fraction of sp³-hybridized carbons (Fsp3) is 0.700. The standard InChI is InChI=1S/C10H15F3N2O2/c1-7(2)14-3-4-15(9(17)6-16)8(5-14)10(11,12)13/h8,16H,1,3-6H2,2H3/t8-/m0/s1. The molecule has 0 radical (unpaired) electrons. The lowest BCUT2D eigenvalue weighted by Gasteiger charge is -2.42. The lowest BCUT2D eigenvalue weighted by molar-refractivity contribution is -0.200. The molecule has 0 aromatic rings. The quantitative estimate of drug-likeness (QED) is 0.782. The normalized spacial score (nSPS) is 21.6. The van der Waals surface area contributed by atoms with Gasteiger partial charge in [-0.05, 0) is 6.92 Å². The first-order valence-electron chi connectivity index (χ1n) is 5.15. The number of nitrogens with zero attached hydrogens (tertiary/aromatic N) is 2. The number of piperazine rings is 1. The van der Waals surface area contributed by atoms with Crippen molar-refractivity contribution in [2.24, 2.45) is 0 Å². The Labute approximate surface area is 97.3 Å². The minimum Gasteiger partial charge on any atom is -0.387 e. The number of carbonyl (C=O) groups is 1. The van der Waals surface area contributed by atoms with E-state index in [4.69, 9.17) is 5.11 Å². The zero-order valence-electron chi connectivity index (χ0n) is 9.50. The van der Waals surface area contributed by atoms with Gasteiger partial charge in [0, 0.05) is 25.3 Å². The van der Waals surface area contributed by atoms with Crippen LogP contribution in [0.25, 0.3) is 0 Å². The molecule has 98 valence electrons. The van der Waals surface area contributed by atoms with Crippen molar-refractivity contribution < 1.29 is 23.1 Å². The summed E-state index contributed by atoms with van der Waals surface area (Å²) in [6.45, 7) is 4.22. The van der Waals surface area contributed by atoms with Gasteiger partial charge in [-0.1, -0.05) is 6.58 Å². The molecule has 1 atom stereocenters. The highest BCUT2D eigenvalue weighted by Crippen LogP contribution is 2.28. The van der Waals surface area contributed by atoms with Crippen LogP contribution in [0.3, 0.4) is 0 Å².